The van der Waals surface area contributed by atoms with E-state index in [2.05, 4.69) is 206 Å². The van der Waals surface area contributed by atoms with Gasteiger partial charge in [-0.2, -0.15) is 0 Å². The van der Waals surface area contributed by atoms with Gasteiger partial charge in [0.2, 0.25) is 0 Å². The molecule has 0 fully saturated rings. The van der Waals surface area contributed by atoms with Gasteiger partial charge in [0, 0.05) is 38.7 Å². The first kappa shape index (κ1) is 34.4. The topological polar surface area (TPSA) is 16.4 Å². The van der Waals surface area contributed by atoms with Crippen molar-refractivity contribution in [1.82, 2.24) is 0 Å². The van der Waals surface area contributed by atoms with E-state index in [4.69, 9.17) is 4.42 Å². The molecule has 9 rings (SSSR count). The zero-order chi connectivity index (χ0) is 37.8. The summed E-state index contributed by atoms with van der Waals surface area (Å²) in [5, 5.41) is 4.51. The van der Waals surface area contributed by atoms with Gasteiger partial charge < -0.3 is 9.32 Å². The largest absolute Gasteiger partial charge is 0.455 e. The first-order valence-electron chi connectivity index (χ1n) is 18.9. The number of para-hydroxylation sites is 2. The van der Waals surface area contributed by atoms with Gasteiger partial charge >= 0.3 is 0 Å². The summed E-state index contributed by atoms with van der Waals surface area (Å²) in [5.41, 5.74) is 13.9. The molecular formula is C54H39NO. The zero-order valence-corrected chi connectivity index (χ0v) is 31.0. The number of nitrogens with zero attached hydrogens (tertiary/aromatic N) is 1. The van der Waals surface area contributed by atoms with Crippen LogP contribution < -0.4 is 4.90 Å². The maximum absolute atomic E-state index is 6.87. The Bertz CT molecular complexity index is 2940. The van der Waals surface area contributed by atoms with E-state index in [-0.39, 0.29) is 0 Å². The number of hydrogen-bond acceptors (Lipinski definition) is 2. The van der Waals surface area contributed by atoms with Crippen molar-refractivity contribution < 1.29 is 4.42 Å². The minimum Gasteiger partial charge on any atom is -0.455 e. The van der Waals surface area contributed by atoms with E-state index < -0.39 is 0 Å². The Morgan fingerprint density at radius 2 is 1.04 bits per heavy atom. The lowest BCUT2D eigenvalue weighted by atomic mass is 9.97. The Hall–Kier alpha value is -7.42. The first-order chi connectivity index (χ1) is 27.7. The normalized spacial score (nSPS) is 11.6. The Labute approximate surface area is 327 Å². The fourth-order valence-corrected chi connectivity index (χ4v) is 7.71. The number of anilines is 3. The number of allylic oxidation sites excluding steroid dienone is 4. The van der Waals surface area contributed by atoms with Crippen molar-refractivity contribution in [3.05, 3.63) is 225 Å². The standard InChI is InChI=1S/C54H39NO/c1-3-5-16-39-28-29-44(36-42(39)17-6-4-2)40-30-33-45(34-31-40)55(46-22-14-21-43(37-46)38-18-8-7-9-19-38)52-27-13-12-24-48(52)49-25-15-26-50-51-35-32-41-20-10-11-23-47(41)53(51)56-54(49)50/h3-37H,1-2H2/b16-5-,17-6-. The second-order valence-electron chi connectivity index (χ2n) is 13.8. The summed E-state index contributed by atoms with van der Waals surface area (Å²) < 4.78 is 6.87. The molecule has 1 aromatic heterocycles. The molecule has 0 aliphatic heterocycles. The van der Waals surface area contributed by atoms with Crippen molar-refractivity contribution in [1.29, 1.82) is 0 Å². The van der Waals surface area contributed by atoms with Gasteiger partial charge in [-0.05, 0) is 81.2 Å². The average molecular weight is 718 g/mol. The van der Waals surface area contributed by atoms with E-state index in [1.807, 2.05) is 12.2 Å². The van der Waals surface area contributed by atoms with E-state index in [1.54, 1.807) is 12.2 Å². The van der Waals surface area contributed by atoms with Gasteiger partial charge in [0.1, 0.15) is 11.2 Å². The molecule has 0 unspecified atom stereocenters. The number of furan rings is 1. The van der Waals surface area contributed by atoms with Crippen molar-refractivity contribution in [2.24, 2.45) is 0 Å². The van der Waals surface area contributed by atoms with Crippen molar-refractivity contribution in [3.63, 3.8) is 0 Å². The van der Waals surface area contributed by atoms with Crippen LogP contribution in [-0.2, 0) is 0 Å². The van der Waals surface area contributed by atoms with Gasteiger partial charge in [-0.25, -0.2) is 0 Å². The summed E-state index contributed by atoms with van der Waals surface area (Å²) in [4.78, 5) is 2.36. The number of rotatable bonds is 10. The highest BCUT2D eigenvalue weighted by Crippen LogP contribution is 2.45. The number of hydrogen-bond donors (Lipinski definition) is 0. The van der Waals surface area contributed by atoms with Gasteiger partial charge in [-0.15, -0.1) is 0 Å². The molecule has 2 heteroatoms. The predicted molar refractivity (Wildman–Crippen MR) is 241 cm³/mol. The number of fused-ring (bicyclic) bond motifs is 5. The second-order valence-corrected chi connectivity index (χ2v) is 13.8. The van der Waals surface area contributed by atoms with Crippen LogP contribution in [0.15, 0.2) is 218 Å². The third-order valence-electron chi connectivity index (χ3n) is 10.4. The number of benzene rings is 8. The van der Waals surface area contributed by atoms with Gasteiger partial charge in [0.25, 0.3) is 0 Å². The molecule has 0 saturated heterocycles. The Kier molecular flexibility index (Phi) is 9.29. The molecule has 0 spiro atoms. The van der Waals surface area contributed by atoms with E-state index in [0.717, 1.165) is 83.3 Å². The van der Waals surface area contributed by atoms with Crippen LogP contribution in [0.25, 0.3) is 78.2 Å². The summed E-state index contributed by atoms with van der Waals surface area (Å²) in [7, 11) is 0. The van der Waals surface area contributed by atoms with Crippen LogP contribution in [0, 0.1) is 0 Å². The lowest BCUT2D eigenvalue weighted by molar-refractivity contribution is 0.674. The molecule has 0 saturated carbocycles. The molecule has 9 aromatic rings. The van der Waals surface area contributed by atoms with E-state index in [0.29, 0.717) is 0 Å². The highest BCUT2D eigenvalue weighted by molar-refractivity contribution is 6.17. The minimum atomic E-state index is 0.882. The van der Waals surface area contributed by atoms with Crippen LogP contribution in [0.5, 0.6) is 0 Å². The quantitative estimate of drug-likeness (QED) is 0.131. The smallest absolute Gasteiger partial charge is 0.143 e. The maximum Gasteiger partial charge on any atom is 0.143 e. The predicted octanol–water partition coefficient (Wildman–Crippen LogP) is 15.6. The lowest BCUT2D eigenvalue weighted by Gasteiger charge is -2.28. The highest BCUT2D eigenvalue weighted by atomic mass is 16.3. The van der Waals surface area contributed by atoms with Crippen LogP contribution >= 0.6 is 0 Å². The van der Waals surface area contributed by atoms with Crippen LogP contribution in [-0.4, -0.2) is 0 Å². The fraction of sp³-hybridized carbons (Fsp3) is 0. The molecule has 266 valence electrons. The molecule has 56 heavy (non-hydrogen) atoms. The highest BCUT2D eigenvalue weighted by Gasteiger charge is 2.21. The van der Waals surface area contributed by atoms with E-state index in [9.17, 15) is 0 Å². The molecule has 0 atom stereocenters. The molecule has 0 amide bonds. The summed E-state index contributed by atoms with van der Waals surface area (Å²) in [6.07, 6.45) is 11.7. The molecule has 0 bridgehead atoms. The van der Waals surface area contributed by atoms with Crippen LogP contribution in [0.4, 0.5) is 17.1 Å². The molecule has 0 radical (unpaired) electrons. The lowest BCUT2D eigenvalue weighted by Crippen LogP contribution is -2.11. The fourth-order valence-electron chi connectivity index (χ4n) is 7.71. The van der Waals surface area contributed by atoms with Crippen molar-refractivity contribution in [3.8, 4) is 33.4 Å². The third kappa shape index (κ3) is 6.44. The summed E-state index contributed by atoms with van der Waals surface area (Å²) in [6.45, 7) is 7.72. The summed E-state index contributed by atoms with van der Waals surface area (Å²) in [5.74, 6) is 0. The van der Waals surface area contributed by atoms with E-state index in [1.165, 1.54) is 10.9 Å². The molecule has 8 aromatic carbocycles. The van der Waals surface area contributed by atoms with Crippen molar-refractivity contribution in [2.75, 3.05) is 4.90 Å². The van der Waals surface area contributed by atoms with Crippen LogP contribution in [0.2, 0.25) is 0 Å². The molecular weight excluding hydrogens is 679 g/mol. The maximum atomic E-state index is 6.87. The van der Waals surface area contributed by atoms with Gasteiger partial charge in [0.15, 0.2) is 0 Å². The zero-order valence-electron chi connectivity index (χ0n) is 31.0. The van der Waals surface area contributed by atoms with Crippen LogP contribution in [0.3, 0.4) is 0 Å². The van der Waals surface area contributed by atoms with Crippen molar-refractivity contribution >= 4 is 61.9 Å². The Morgan fingerprint density at radius 1 is 0.411 bits per heavy atom. The summed E-state index contributed by atoms with van der Waals surface area (Å²) in [6, 6.07) is 62.7. The Morgan fingerprint density at radius 3 is 1.88 bits per heavy atom. The molecule has 1 heterocycles. The van der Waals surface area contributed by atoms with Crippen molar-refractivity contribution in [2.45, 2.75) is 0 Å². The third-order valence-corrected chi connectivity index (χ3v) is 10.4. The van der Waals surface area contributed by atoms with Crippen LogP contribution in [0.1, 0.15) is 11.1 Å². The SMILES string of the molecule is C=C/C=C\c1ccc(-c2ccc(N(c3cccc(-c4ccccc4)c3)c3ccccc3-c3cccc4c3oc3c5ccccc5ccc43)cc2)cc1/C=C\C=C. The average Bonchev–Trinajstić information content (AvgIpc) is 3.66. The minimum absolute atomic E-state index is 0.882. The molecule has 2 nitrogen and oxygen atoms in total. The second kappa shape index (κ2) is 15.1. The van der Waals surface area contributed by atoms with Gasteiger partial charge in [0.05, 0.1) is 5.69 Å². The van der Waals surface area contributed by atoms with E-state index >= 15 is 0 Å². The van der Waals surface area contributed by atoms with Gasteiger partial charge in [-0.1, -0.05) is 183 Å². The molecule has 0 aliphatic rings. The first-order valence-corrected chi connectivity index (χ1v) is 18.9. The van der Waals surface area contributed by atoms with Gasteiger partial charge in [-0.3, -0.25) is 0 Å². The Balaban J connectivity index is 1.21. The summed E-state index contributed by atoms with van der Waals surface area (Å²) >= 11 is 0. The monoisotopic (exact) mass is 717 g/mol. The molecule has 0 N–H and O–H groups in total. The molecule has 0 aliphatic carbocycles.